The number of hydrogen-bond donors (Lipinski definition) is 0. The predicted octanol–water partition coefficient (Wildman–Crippen LogP) is 5.59. The summed E-state index contributed by atoms with van der Waals surface area (Å²) in [5.74, 6) is 0.747. The number of hydrogen-bond acceptors (Lipinski definition) is 1. The Bertz CT molecular complexity index is 612. The van der Waals surface area contributed by atoms with Crippen molar-refractivity contribution in [1.82, 2.24) is 4.98 Å². The van der Waals surface area contributed by atoms with Crippen molar-refractivity contribution in [2.45, 2.75) is 32.1 Å². The van der Waals surface area contributed by atoms with Crippen LogP contribution in [0.4, 0.5) is 0 Å². The molecule has 0 saturated heterocycles. The van der Waals surface area contributed by atoms with Crippen LogP contribution in [0.15, 0.2) is 42.0 Å². The largest absolute Gasteiger partial charge is 0.248 e. The molecule has 0 radical (unpaired) electrons. The molecule has 104 valence electrons. The Kier molecular flexibility index (Phi) is 4.51. The number of rotatable bonds is 3. The summed E-state index contributed by atoms with van der Waals surface area (Å²) >= 11 is 3.66. The summed E-state index contributed by atoms with van der Waals surface area (Å²) in [5.41, 5.74) is 3.68. The second-order valence-electron chi connectivity index (χ2n) is 5.62. The Labute approximate surface area is 129 Å². The van der Waals surface area contributed by atoms with Gasteiger partial charge in [-0.15, -0.1) is 0 Å². The van der Waals surface area contributed by atoms with Crippen LogP contribution in [-0.2, 0) is 0 Å². The third kappa shape index (κ3) is 3.12. The normalized spacial score (nSPS) is 17.6. The number of aromatic nitrogens is 1. The fourth-order valence-corrected chi connectivity index (χ4v) is 3.71. The van der Waals surface area contributed by atoms with Crippen LogP contribution in [0.25, 0.3) is 17.0 Å². The van der Waals surface area contributed by atoms with E-state index in [-0.39, 0.29) is 0 Å². The topological polar surface area (TPSA) is 12.9 Å². The molecular formula is C18H20BrN. The van der Waals surface area contributed by atoms with Gasteiger partial charge in [-0.05, 0) is 37.0 Å². The Hall–Kier alpha value is -1.15. The summed E-state index contributed by atoms with van der Waals surface area (Å²) in [7, 11) is 0. The lowest BCUT2D eigenvalue weighted by atomic mass is 9.84. The second kappa shape index (κ2) is 6.53. The number of allylic oxidation sites excluding steroid dienone is 1. The molecule has 1 fully saturated rings. The molecule has 0 amide bonds. The first-order valence-electron chi connectivity index (χ1n) is 7.49. The molecule has 0 N–H and O–H groups in total. The summed E-state index contributed by atoms with van der Waals surface area (Å²) in [6.45, 7) is 0. The number of fused-ring (bicyclic) bond motifs is 1. The van der Waals surface area contributed by atoms with E-state index in [1.807, 2.05) is 0 Å². The lowest BCUT2D eigenvalue weighted by molar-refractivity contribution is 0.405. The summed E-state index contributed by atoms with van der Waals surface area (Å²) in [5, 5.41) is 2.18. The highest BCUT2D eigenvalue weighted by atomic mass is 79.9. The number of para-hydroxylation sites is 1. The molecule has 2 heteroatoms. The number of halogens is 1. The van der Waals surface area contributed by atoms with Crippen molar-refractivity contribution in [3.63, 3.8) is 0 Å². The first-order valence-corrected chi connectivity index (χ1v) is 8.61. The number of nitrogens with zero attached hydrogens (tertiary/aromatic N) is 1. The van der Waals surface area contributed by atoms with Gasteiger partial charge in [0.15, 0.2) is 0 Å². The fourth-order valence-electron chi connectivity index (χ4n) is 3.09. The summed E-state index contributed by atoms with van der Waals surface area (Å²) < 4.78 is 0. The van der Waals surface area contributed by atoms with Crippen molar-refractivity contribution in [3.8, 4) is 0 Å². The fraction of sp³-hybridized carbons (Fsp3) is 0.389. The number of pyridine rings is 1. The molecule has 0 unspecified atom stereocenters. The monoisotopic (exact) mass is 329 g/mol. The Balaban J connectivity index is 1.90. The van der Waals surface area contributed by atoms with Crippen LogP contribution in [0.5, 0.6) is 0 Å². The molecule has 1 nitrogen and oxygen atoms in total. The summed E-state index contributed by atoms with van der Waals surface area (Å²) in [6.07, 6.45) is 9.12. The van der Waals surface area contributed by atoms with E-state index in [4.69, 9.17) is 4.98 Å². The average Bonchev–Trinajstić information content (AvgIpc) is 2.53. The van der Waals surface area contributed by atoms with E-state index in [1.165, 1.54) is 43.1 Å². The highest BCUT2D eigenvalue weighted by Gasteiger charge is 2.17. The molecule has 3 rings (SSSR count). The molecule has 1 aliphatic rings. The minimum atomic E-state index is 0.747. The zero-order chi connectivity index (χ0) is 13.8. The van der Waals surface area contributed by atoms with E-state index >= 15 is 0 Å². The van der Waals surface area contributed by atoms with E-state index in [0.29, 0.717) is 0 Å². The molecule has 1 saturated carbocycles. The van der Waals surface area contributed by atoms with Crippen molar-refractivity contribution in [2.24, 2.45) is 5.92 Å². The molecule has 0 atom stereocenters. The minimum absolute atomic E-state index is 0.747. The third-order valence-electron chi connectivity index (χ3n) is 4.24. The summed E-state index contributed by atoms with van der Waals surface area (Å²) in [4.78, 5) is 4.76. The lowest BCUT2D eigenvalue weighted by Crippen LogP contribution is -2.10. The van der Waals surface area contributed by atoms with Crippen LogP contribution in [0.1, 0.15) is 37.8 Å². The van der Waals surface area contributed by atoms with Gasteiger partial charge < -0.3 is 0 Å². The Morgan fingerprint density at radius 1 is 1.10 bits per heavy atom. The highest BCUT2D eigenvalue weighted by molar-refractivity contribution is 9.09. The van der Waals surface area contributed by atoms with Gasteiger partial charge in [0.2, 0.25) is 0 Å². The van der Waals surface area contributed by atoms with E-state index in [2.05, 4.69) is 58.4 Å². The van der Waals surface area contributed by atoms with Crippen LogP contribution >= 0.6 is 15.9 Å². The maximum atomic E-state index is 4.76. The second-order valence-corrected chi connectivity index (χ2v) is 6.18. The minimum Gasteiger partial charge on any atom is -0.248 e. The van der Waals surface area contributed by atoms with Gasteiger partial charge in [0.1, 0.15) is 0 Å². The van der Waals surface area contributed by atoms with Gasteiger partial charge in [-0.1, -0.05) is 65.0 Å². The first kappa shape index (κ1) is 13.8. The zero-order valence-corrected chi connectivity index (χ0v) is 13.3. The van der Waals surface area contributed by atoms with Crippen LogP contribution in [-0.4, -0.2) is 10.3 Å². The average molecular weight is 330 g/mol. The van der Waals surface area contributed by atoms with E-state index < -0.39 is 0 Å². The van der Waals surface area contributed by atoms with Gasteiger partial charge in [0, 0.05) is 10.7 Å². The summed E-state index contributed by atoms with van der Waals surface area (Å²) in [6, 6.07) is 12.6. The van der Waals surface area contributed by atoms with Crippen LogP contribution < -0.4 is 0 Å². The molecular weight excluding hydrogens is 310 g/mol. The van der Waals surface area contributed by atoms with Gasteiger partial charge in [-0.2, -0.15) is 0 Å². The molecule has 1 aliphatic carbocycles. The molecule has 1 aromatic carbocycles. The van der Waals surface area contributed by atoms with Crippen molar-refractivity contribution in [1.29, 1.82) is 0 Å². The van der Waals surface area contributed by atoms with E-state index in [1.54, 1.807) is 0 Å². The van der Waals surface area contributed by atoms with Gasteiger partial charge in [0.25, 0.3) is 0 Å². The van der Waals surface area contributed by atoms with Crippen LogP contribution in [0.3, 0.4) is 0 Å². The Morgan fingerprint density at radius 3 is 2.70 bits per heavy atom. The zero-order valence-electron chi connectivity index (χ0n) is 11.7. The number of alkyl halides is 1. The van der Waals surface area contributed by atoms with Gasteiger partial charge in [-0.3, -0.25) is 0 Å². The standard InChI is InChI=1S/C18H20BrN/c19-13-16(14-6-2-1-3-7-14)12-17-11-10-15-8-4-5-9-18(15)20-17/h4-5,8-12,14H,1-3,6-7,13H2/b16-12-. The number of benzene rings is 1. The van der Waals surface area contributed by atoms with E-state index in [0.717, 1.165) is 22.5 Å². The van der Waals surface area contributed by atoms with Crippen LogP contribution in [0.2, 0.25) is 0 Å². The lowest BCUT2D eigenvalue weighted by Gasteiger charge is -2.23. The molecule has 0 spiro atoms. The SMILES string of the molecule is BrC/C(=C/c1ccc2ccccc2n1)C1CCCCC1. The van der Waals surface area contributed by atoms with Gasteiger partial charge in [-0.25, -0.2) is 4.98 Å². The molecule has 20 heavy (non-hydrogen) atoms. The smallest absolute Gasteiger partial charge is 0.0709 e. The van der Waals surface area contributed by atoms with E-state index in [9.17, 15) is 0 Å². The maximum absolute atomic E-state index is 4.76. The first-order chi connectivity index (χ1) is 9.86. The van der Waals surface area contributed by atoms with Crippen molar-refractivity contribution < 1.29 is 0 Å². The van der Waals surface area contributed by atoms with Gasteiger partial charge >= 0.3 is 0 Å². The van der Waals surface area contributed by atoms with Crippen LogP contribution in [0, 0.1) is 5.92 Å². The predicted molar refractivity (Wildman–Crippen MR) is 90.1 cm³/mol. The van der Waals surface area contributed by atoms with Crippen molar-refractivity contribution in [2.75, 3.05) is 5.33 Å². The molecule has 2 aromatic rings. The quantitative estimate of drug-likeness (QED) is 0.668. The van der Waals surface area contributed by atoms with Gasteiger partial charge in [0.05, 0.1) is 11.2 Å². The molecule has 0 aliphatic heterocycles. The van der Waals surface area contributed by atoms with Crippen molar-refractivity contribution in [3.05, 3.63) is 47.7 Å². The molecule has 0 bridgehead atoms. The maximum Gasteiger partial charge on any atom is 0.0709 e. The highest BCUT2D eigenvalue weighted by Crippen LogP contribution is 2.31. The molecule has 1 aromatic heterocycles. The molecule has 1 heterocycles. The van der Waals surface area contributed by atoms with Crippen molar-refractivity contribution >= 4 is 32.9 Å². The Morgan fingerprint density at radius 2 is 1.90 bits per heavy atom. The third-order valence-corrected chi connectivity index (χ3v) is 4.88.